The molecule has 0 saturated heterocycles. The predicted octanol–water partition coefficient (Wildman–Crippen LogP) is 3.44. The van der Waals surface area contributed by atoms with Crippen molar-refractivity contribution < 1.29 is 22.8 Å². The van der Waals surface area contributed by atoms with Gasteiger partial charge in [0.25, 0.3) is 11.8 Å². The zero-order valence-corrected chi connectivity index (χ0v) is 16.4. The molecule has 4 aromatic rings. The lowest BCUT2D eigenvalue weighted by Crippen LogP contribution is -2.24. The number of hydrogen-bond acceptors (Lipinski definition) is 4. The summed E-state index contributed by atoms with van der Waals surface area (Å²) in [5.74, 6) is -1.43. The smallest absolute Gasteiger partial charge is 0.364 e. The van der Waals surface area contributed by atoms with Crippen molar-refractivity contribution in [1.29, 1.82) is 0 Å². The van der Waals surface area contributed by atoms with E-state index in [0.29, 0.717) is 5.69 Å². The highest BCUT2D eigenvalue weighted by molar-refractivity contribution is 5.99. The Morgan fingerprint density at radius 3 is 2.47 bits per heavy atom. The van der Waals surface area contributed by atoms with Gasteiger partial charge >= 0.3 is 6.18 Å². The van der Waals surface area contributed by atoms with Crippen LogP contribution in [0.25, 0.3) is 16.9 Å². The molecule has 162 valence electrons. The largest absolute Gasteiger partial charge is 0.416 e. The zero-order valence-electron chi connectivity index (χ0n) is 16.4. The van der Waals surface area contributed by atoms with Crippen LogP contribution in [-0.4, -0.2) is 26.2 Å². The van der Waals surface area contributed by atoms with Gasteiger partial charge in [-0.05, 0) is 29.3 Å². The fourth-order valence-electron chi connectivity index (χ4n) is 3.22. The Bertz CT molecular complexity index is 1320. The first-order valence-corrected chi connectivity index (χ1v) is 9.41. The minimum absolute atomic E-state index is 0.0358. The van der Waals surface area contributed by atoms with Gasteiger partial charge in [0.1, 0.15) is 12.0 Å². The van der Waals surface area contributed by atoms with Gasteiger partial charge in [0, 0.05) is 6.54 Å². The van der Waals surface area contributed by atoms with Crippen LogP contribution in [-0.2, 0) is 12.7 Å². The number of amides is 2. The number of nitrogens with two attached hydrogens (primary N) is 1. The van der Waals surface area contributed by atoms with Gasteiger partial charge < -0.3 is 11.1 Å². The minimum Gasteiger partial charge on any atom is -0.364 e. The van der Waals surface area contributed by atoms with Crippen molar-refractivity contribution in [2.24, 2.45) is 5.73 Å². The maximum absolute atomic E-state index is 12.9. The molecule has 0 unspecified atom stereocenters. The van der Waals surface area contributed by atoms with Crippen LogP contribution in [0.5, 0.6) is 0 Å². The first-order chi connectivity index (χ1) is 15.2. The summed E-state index contributed by atoms with van der Waals surface area (Å²) in [5.41, 5.74) is 6.09. The van der Waals surface area contributed by atoms with Gasteiger partial charge in [-0.15, -0.1) is 0 Å². The van der Waals surface area contributed by atoms with E-state index in [0.717, 1.165) is 17.7 Å². The number of rotatable bonds is 5. The molecule has 2 amide bonds. The minimum atomic E-state index is -4.48. The van der Waals surface area contributed by atoms with Crippen molar-refractivity contribution >= 4 is 17.5 Å². The molecule has 2 heterocycles. The van der Waals surface area contributed by atoms with Crippen LogP contribution >= 0.6 is 0 Å². The lowest BCUT2D eigenvalue weighted by Gasteiger charge is -2.11. The third-order valence-corrected chi connectivity index (χ3v) is 4.74. The quantitative estimate of drug-likeness (QED) is 0.497. The normalized spacial score (nSPS) is 11.5. The second kappa shape index (κ2) is 8.14. The first-order valence-electron chi connectivity index (χ1n) is 9.41. The van der Waals surface area contributed by atoms with E-state index >= 15 is 0 Å². The molecule has 0 atom stereocenters. The fourth-order valence-corrected chi connectivity index (χ4v) is 3.22. The van der Waals surface area contributed by atoms with Gasteiger partial charge in [-0.25, -0.2) is 9.97 Å². The Kier molecular flexibility index (Phi) is 5.35. The number of nitrogens with one attached hydrogen (secondary N) is 1. The number of hydrogen-bond donors (Lipinski definition) is 2. The first kappa shape index (κ1) is 21.0. The van der Waals surface area contributed by atoms with Gasteiger partial charge in [-0.1, -0.05) is 42.5 Å². The molecule has 2 aromatic heterocycles. The summed E-state index contributed by atoms with van der Waals surface area (Å²) < 4.78 is 40.3. The molecule has 32 heavy (non-hydrogen) atoms. The van der Waals surface area contributed by atoms with Crippen LogP contribution in [0.4, 0.5) is 13.2 Å². The molecule has 0 spiro atoms. The van der Waals surface area contributed by atoms with Crippen molar-refractivity contribution in [2.75, 3.05) is 0 Å². The van der Waals surface area contributed by atoms with Crippen LogP contribution < -0.4 is 11.1 Å². The maximum atomic E-state index is 12.9. The van der Waals surface area contributed by atoms with E-state index in [1.54, 1.807) is 16.5 Å². The van der Waals surface area contributed by atoms with Gasteiger partial charge in [0.15, 0.2) is 11.3 Å². The van der Waals surface area contributed by atoms with Crippen molar-refractivity contribution in [3.8, 4) is 11.3 Å². The molecule has 3 N–H and O–H groups in total. The van der Waals surface area contributed by atoms with Gasteiger partial charge in [-0.2, -0.15) is 13.2 Å². The standard InChI is InChI=1S/C22H16F3N5O2/c23-22(24,25)15-8-4-5-13(9-15)11-27-21(32)16-10-17(14-6-2-1-3-7-14)30-12-28-18(19(26)31)20(30)29-16/h1-10,12H,11H2,(H2,26,31)(H,27,32). The molecule has 4 rings (SSSR count). The Morgan fingerprint density at radius 2 is 1.78 bits per heavy atom. The van der Waals surface area contributed by atoms with Crippen molar-refractivity contribution in [1.82, 2.24) is 19.7 Å². The number of carbonyl (C=O) groups excluding carboxylic acids is 2. The Balaban J connectivity index is 1.69. The summed E-state index contributed by atoms with van der Waals surface area (Å²) in [6, 6.07) is 15.2. The van der Waals surface area contributed by atoms with Gasteiger partial charge in [0.05, 0.1) is 11.3 Å². The van der Waals surface area contributed by atoms with E-state index in [4.69, 9.17) is 5.73 Å². The summed E-state index contributed by atoms with van der Waals surface area (Å²) in [6.07, 6.45) is -3.10. The highest BCUT2D eigenvalue weighted by Gasteiger charge is 2.30. The van der Waals surface area contributed by atoms with Crippen molar-refractivity contribution in [2.45, 2.75) is 12.7 Å². The van der Waals surface area contributed by atoms with E-state index in [-0.39, 0.29) is 29.1 Å². The summed E-state index contributed by atoms with van der Waals surface area (Å²) in [4.78, 5) is 32.7. The number of fused-ring (bicyclic) bond motifs is 1. The molecule has 7 nitrogen and oxygen atoms in total. The summed E-state index contributed by atoms with van der Waals surface area (Å²) in [6.45, 7) is -0.141. The number of alkyl halides is 3. The summed E-state index contributed by atoms with van der Waals surface area (Å²) in [7, 11) is 0. The molecule has 2 aromatic carbocycles. The molecule has 0 radical (unpaired) electrons. The number of benzene rings is 2. The average molecular weight is 439 g/mol. The van der Waals surface area contributed by atoms with E-state index in [1.807, 2.05) is 18.2 Å². The maximum Gasteiger partial charge on any atom is 0.416 e. The molecular weight excluding hydrogens is 423 g/mol. The van der Waals surface area contributed by atoms with Crippen LogP contribution in [0.2, 0.25) is 0 Å². The zero-order chi connectivity index (χ0) is 22.9. The lowest BCUT2D eigenvalue weighted by atomic mass is 10.1. The number of primary amides is 1. The van der Waals surface area contributed by atoms with E-state index in [9.17, 15) is 22.8 Å². The number of aromatic nitrogens is 3. The Hall–Kier alpha value is -4.21. The third-order valence-electron chi connectivity index (χ3n) is 4.74. The average Bonchev–Trinajstić information content (AvgIpc) is 3.21. The number of imidazole rings is 1. The predicted molar refractivity (Wildman–Crippen MR) is 110 cm³/mol. The molecular formula is C22H16F3N5O2. The van der Waals surface area contributed by atoms with E-state index in [2.05, 4.69) is 15.3 Å². The van der Waals surface area contributed by atoms with Crippen LogP contribution in [0.15, 0.2) is 67.0 Å². The second-order valence-corrected chi connectivity index (χ2v) is 6.92. The fraction of sp³-hybridized carbons (Fsp3) is 0.0909. The number of nitrogens with zero attached hydrogens (tertiary/aromatic N) is 3. The van der Waals surface area contributed by atoms with Crippen LogP contribution in [0.3, 0.4) is 0 Å². The topological polar surface area (TPSA) is 102 Å². The van der Waals surface area contributed by atoms with Crippen molar-refractivity contribution in [3.63, 3.8) is 0 Å². The Morgan fingerprint density at radius 1 is 1.03 bits per heavy atom. The molecule has 0 fully saturated rings. The molecule has 10 heteroatoms. The van der Waals surface area contributed by atoms with Crippen molar-refractivity contribution in [3.05, 3.63) is 89.5 Å². The molecule has 0 aliphatic carbocycles. The van der Waals surface area contributed by atoms with Crippen LogP contribution in [0.1, 0.15) is 32.1 Å². The lowest BCUT2D eigenvalue weighted by molar-refractivity contribution is -0.137. The van der Waals surface area contributed by atoms with E-state index < -0.39 is 23.6 Å². The number of carbonyl (C=O) groups is 2. The monoisotopic (exact) mass is 439 g/mol. The molecule has 0 bridgehead atoms. The number of halogens is 3. The van der Waals surface area contributed by atoms with Gasteiger partial charge in [-0.3, -0.25) is 14.0 Å². The van der Waals surface area contributed by atoms with E-state index in [1.165, 1.54) is 24.5 Å². The summed E-state index contributed by atoms with van der Waals surface area (Å²) >= 11 is 0. The summed E-state index contributed by atoms with van der Waals surface area (Å²) in [5, 5.41) is 2.56. The second-order valence-electron chi connectivity index (χ2n) is 6.92. The Labute approximate surface area is 179 Å². The molecule has 0 saturated carbocycles. The molecule has 0 aliphatic rings. The van der Waals surface area contributed by atoms with Gasteiger partial charge in [0.2, 0.25) is 0 Å². The highest BCUT2D eigenvalue weighted by atomic mass is 19.4. The SMILES string of the molecule is NC(=O)c1ncn2c(-c3ccccc3)cc(C(=O)NCc3cccc(C(F)(F)F)c3)nc12. The third kappa shape index (κ3) is 4.15. The highest BCUT2D eigenvalue weighted by Crippen LogP contribution is 2.29. The molecule has 0 aliphatic heterocycles. The van der Waals surface area contributed by atoms with Crippen LogP contribution in [0, 0.1) is 0 Å².